The molecule has 0 N–H and O–H groups in total. The Kier molecular flexibility index (Phi) is 4.70. The normalized spacial score (nSPS) is 24.9. The molecule has 1 aromatic rings. The third-order valence-corrected chi connectivity index (χ3v) is 5.96. The van der Waals surface area contributed by atoms with E-state index in [1.54, 1.807) is 0 Å². The van der Waals surface area contributed by atoms with Gasteiger partial charge in [0.2, 0.25) is 0 Å². The molecule has 2 aliphatic rings. The van der Waals surface area contributed by atoms with Crippen LogP contribution in [-0.2, 0) is 16.0 Å². The number of ether oxygens (including phenoxy) is 1. The zero-order valence-corrected chi connectivity index (χ0v) is 13.6. The maximum absolute atomic E-state index is 12.7. The van der Waals surface area contributed by atoms with Crippen LogP contribution in [0.4, 0.5) is 0 Å². The predicted molar refractivity (Wildman–Crippen MR) is 87.9 cm³/mol. The van der Waals surface area contributed by atoms with Gasteiger partial charge in [0.15, 0.2) is 0 Å². The monoisotopic (exact) mass is 304 g/mol. The van der Waals surface area contributed by atoms with E-state index in [0.29, 0.717) is 12.2 Å². The molecule has 2 aliphatic heterocycles. The second kappa shape index (κ2) is 6.53. The van der Waals surface area contributed by atoms with Crippen LogP contribution >= 0.6 is 11.8 Å². The Balaban J connectivity index is 1.66. The van der Waals surface area contributed by atoms with E-state index in [4.69, 9.17) is 4.74 Å². The van der Waals surface area contributed by atoms with Gasteiger partial charge in [0.1, 0.15) is 5.78 Å². The van der Waals surface area contributed by atoms with Gasteiger partial charge >= 0.3 is 0 Å². The number of hydrogen-bond acceptors (Lipinski definition) is 3. The Bertz CT molecular complexity index is 500. The zero-order chi connectivity index (χ0) is 14.7. The van der Waals surface area contributed by atoms with Gasteiger partial charge in [-0.25, -0.2) is 0 Å². The highest BCUT2D eigenvalue weighted by Crippen LogP contribution is 2.40. The summed E-state index contributed by atoms with van der Waals surface area (Å²) >= 11 is 2.01. The van der Waals surface area contributed by atoms with Crippen molar-refractivity contribution in [1.82, 2.24) is 0 Å². The van der Waals surface area contributed by atoms with E-state index in [0.717, 1.165) is 32.3 Å². The molecule has 1 unspecified atom stereocenters. The van der Waals surface area contributed by atoms with Gasteiger partial charge < -0.3 is 4.74 Å². The lowest BCUT2D eigenvalue weighted by molar-refractivity contribution is -0.137. The molecule has 21 heavy (non-hydrogen) atoms. The minimum Gasteiger partial charge on any atom is -0.375 e. The molecule has 0 saturated carbocycles. The molecule has 0 amide bonds. The van der Waals surface area contributed by atoms with Crippen molar-refractivity contribution < 1.29 is 9.53 Å². The maximum atomic E-state index is 12.7. The Morgan fingerprint density at radius 2 is 2.10 bits per heavy atom. The summed E-state index contributed by atoms with van der Waals surface area (Å²) in [6.45, 7) is 2.85. The summed E-state index contributed by atoms with van der Waals surface area (Å²) in [6.07, 6.45) is 4.66. The molecule has 0 aromatic heterocycles. The molecule has 0 radical (unpaired) electrons. The van der Waals surface area contributed by atoms with Gasteiger partial charge in [-0.3, -0.25) is 4.79 Å². The number of aryl methyl sites for hydroxylation is 1. The van der Waals surface area contributed by atoms with Crippen LogP contribution in [0.15, 0.2) is 24.3 Å². The number of benzene rings is 1. The molecule has 0 aliphatic carbocycles. The van der Waals surface area contributed by atoms with E-state index >= 15 is 0 Å². The first-order chi connectivity index (χ1) is 10.2. The van der Waals surface area contributed by atoms with E-state index in [2.05, 4.69) is 19.1 Å². The number of hydrogen-bond donors (Lipinski definition) is 0. The van der Waals surface area contributed by atoms with E-state index in [1.807, 2.05) is 23.9 Å². The van der Waals surface area contributed by atoms with Gasteiger partial charge in [0.05, 0.1) is 5.60 Å². The second-order valence-corrected chi connectivity index (χ2v) is 7.63. The molecule has 0 bridgehead atoms. The first-order valence-electron chi connectivity index (χ1n) is 7.97. The standard InChI is InChI=1S/C18H24O2S/c1-14-4-2-3-5-15(14)12-17(19)16-6-9-20-18(13-16)7-10-21-11-8-18/h2-5,16H,6-13H2,1H3. The predicted octanol–water partition coefficient (Wildman–Crippen LogP) is 3.80. The number of ketones is 1. The molecule has 1 atom stereocenters. The highest BCUT2D eigenvalue weighted by atomic mass is 32.2. The number of carbonyl (C=O) groups excluding carboxylic acids is 1. The molecule has 2 fully saturated rings. The highest BCUT2D eigenvalue weighted by Gasteiger charge is 2.40. The minimum atomic E-state index is 0.00948. The fourth-order valence-electron chi connectivity index (χ4n) is 3.53. The van der Waals surface area contributed by atoms with Crippen LogP contribution in [0.5, 0.6) is 0 Å². The van der Waals surface area contributed by atoms with Gasteiger partial charge in [-0.05, 0) is 55.2 Å². The molecule has 2 saturated heterocycles. The summed E-state index contributed by atoms with van der Waals surface area (Å²) in [7, 11) is 0. The minimum absolute atomic E-state index is 0.00948. The Hall–Kier alpha value is -0.800. The summed E-state index contributed by atoms with van der Waals surface area (Å²) in [5.41, 5.74) is 2.42. The summed E-state index contributed by atoms with van der Waals surface area (Å²) in [5, 5.41) is 0. The van der Waals surface area contributed by atoms with Crippen LogP contribution in [0.1, 0.15) is 36.8 Å². The van der Waals surface area contributed by atoms with E-state index < -0.39 is 0 Å². The Labute approximate surface area is 131 Å². The van der Waals surface area contributed by atoms with E-state index in [9.17, 15) is 4.79 Å². The molecule has 3 rings (SSSR count). The van der Waals surface area contributed by atoms with Crippen molar-refractivity contribution in [3.63, 3.8) is 0 Å². The highest BCUT2D eigenvalue weighted by molar-refractivity contribution is 7.99. The Morgan fingerprint density at radius 1 is 1.33 bits per heavy atom. The van der Waals surface area contributed by atoms with E-state index in [1.165, 1.54) is 22.6 Å². The summed E-state index contributed by atoms with van der Waals surface area (Å²) in [6, 6.07) is 8.23. The fraction of sp³-hybridized carbons (Fsp3) is 0.611. The van der Waals surface area contributed by atoms with Gasteiger partial charge in [0, 0.05) is 18.9 Å². The average Bonchev–Trinajstić information content (AvgIpc) is 2.50. The smallest absolute Gasteiger partial charge is 0.140 e. The lowest BCUT2D eigenvalue weighted by Gasteiger charge is -2.43. The lowest BCUT2D eigenvalue weighted by Crippen LogP contribution is -2.44. The summed E-state index contributed by atoms with van der Waals surface area (Å²) in [5.74, 6) is 2.96. The van der Waals surface area contributed by atoms with Crippen LogP contribution in [0, 0.1) is 12.8 Å². The van der Waals surface area contributed by atoms with Crippen LogP contribution in [0.3, 0.4) is 0 Å². The molecule has 3 heteroatoms. The number of carbonyl (C=O) groups is 1. The molecule has 2 heterocycles. The molecule has 1 aromatic carbocycles. The number of Topliss-reactive ketones (excluding diaryl/α,β-unsaturated/α-hetero) is 1. The number of thioether (sulfide) groups is 1. The van der Waals surface area contributed by atoms with Crippen LogP contribution < -0.4 is 0 Å². The van der Waals surface area contributed by atoms with Gasteiger partial charge in [-0.2, -0.15) is 11.8 Å². The SMILES string of the molecule is Cc1ccccc1CC(=O)C1CCOC2(CCSCC2)C1. The average molecular weight is 304 g/mol. The molecule has 2 nitrogen and oxygen atoms in total. The first kappa shape index (κ1) is 15.1. The topological polar surface area (TPSA) is 26.3 Å². The molecular formula is C18H24O2S. The lowest BCUT2D eigenvalue weighted by atomic mass is 9.79. The van der Waals surface area contributed by atoms with Crippen molar-refractivity contribution >= 4 is 17.5 Å². The summed E-state index contributed by atoms with van der Waals surface area (Å²) in [4.78, 5) is 12.7. The molecule has 114 valence electrons. The Morgan fingerprint density at radius 3 is 2.86 bits per heavy atom. The third-order valence-electron chi connectivity index (χ3n) is 4.98. The van der Waals surface area contributed by atoms with Crippen molar-refractivity contribution in [2.45, 2.75) is 44.6 Å². The van der Waals surface area contributed by atoms with E-state index in [-0.39, 0.29) is 11.5 Å². The fourth-order valence-corrected chi connectivity index (χ4v) is 4.77. The number of rotatable bonds is 3. The largest absolute Gasteiger partial charge is 0.375 e. The second-order valence-electron chi connectivity index (χ2n) is 6.40. The van der Waals surface area contributed by atoms with Gasteiger partial charge in [-0.1, -0.05) is 24.3 Å². The summed E-state index contributed by atoms with van der Waals surface area (Å²) < 4.78 is 6.10. The van der Waals surface area contributed by atoms with Crippen molar-refractivity contribution in [3.05, 3.63) is 35.4 Å². The van der Waals surface area contributed by atoms with Gasteiger partial charge in [0.25, 0.3) is 0 Å². The van der Waals surface area contributed by atoms with Crippen molar-refractivity contribution in [3.8, 4) is 0 Å². The molecule has 1 spiro atoms. The van der Waals surface area contributed by atoms with Crippen LogP contribution in [-0.4, -0.2) is 29.5 Å². The first-order valence-corrected chi connectivity index (χ1v) is 9.13. The molecular weight excluding hydrogens is 280 g/mol. The van der Waals surface area contributed by atoms with Gasteiger partial charge in [-0.15, -0.1) is 0 Å². The van der Waals surface area contributed by atoms with Crippen LogP contribution in [0.2, 0.25) is 0 Å². The quantitative estimate of drug-likeness (QED) is 0.849. The van der Waals surface area contributed by atoms with Crippen molar-refractivity contribution in [2.75, 3.05) is 18.1 Å². The maximum Gasteiger partial charge on any atom is 0.140 e. The van der Waals surface area contributed by atoms with Crippen molar-refractivity contribution in [2.24, 2.45) is 5.92 Å². The third kappa shape index (κ3) is 3.51. The zero-order valence-electron chi connectivity index (χ0n) is 12.8. The van der Waals surface area contributed by atoms with Crippen LogP contribution in [0.25, 0.3) is 0 Å². The van der Waals surface area contributed by atoms with Crippen molar-refractivity contribution in [1.29, 1.82) is 0 Å².